The molecule has 0 aromatic heterocycles. The highest BCUT2D eigenvalue weighted by Crippen LogP contribution is 2.26. The van der Waals surface area contributed by atoms with Gasteiger partial charge in [0, 0.05) is 24.2 Å². The van der Waals surface area contributed by atoms with Gasteiger partial charge in [0.1, 0.15) is 11.5 Å². The van der Waals surface area contributed by atoms with Crippen LogP contribution in [-0.2, 0) is 16.6 Å². The van der Waals surface area contributed by atoms with Crippen LogP contribution in [0.25, 0.3) is 0 Å². The predicted molar refractivity (Wildman–Crippen MR) is 89.7 cm³/mol. The minimum Gasteiger partial charge on any atom is -0.497 e. The number of ether oxygens (including phenoxy) is 2. The van der Waals surface area contributed by atoms with Crippen LogP contribution in [-0.4, -0.2) is 34.0 Å². The first-order valence-electron chi connectivity index (χ1n) is 6.81. The maximum Gasteiger partial charge on any atom is 0.243 e. The summed E-state index contributed by atoms with van der Waals surface area (Å²) in [5.41, 5.74) is 0.694. The third kappa shape index (κ3) is 3.96. The molecule has 5 nitrogen and oxygen atoms in total. The van der Waals surface area contributed by atoms with Gasteiger partial charge in [-0.2, -0.15) is 4.31 Å². The molecule has 0 N–H and O–H groups in total. The van der Waals surface area contributed by atoms with Crippen LogP contribution in [0.15, 0.2) is 47.4 Å². The Balaban J connectivity index is 2.28. The quantitative estimate of drug-likeness (QED) is 0.798. The Bertz CT molecular complexity index is 775. The Morgan fingerprint density at radius 2 is 1.70 bits per heavy atom. The minimum absolute atomic E-state index is 0.151. The van der Waals surface area contributed by atoms with E-state index < -0.39 is 10.0 Å². The predicted octanol–water partition coefficient (Wildman–Crippen LogP) is 3.18. The van der Waals surface area contributed by atoms with E-state index in [1.165, 1.54) is 37.7 Å². The van der Waals surface area contributed by atoms with Gasteiger partial charge in [-0.25, -0.2) is 8.42 Å². The van der Waals surface area contributed by atoms with Crippen molar-refractivity contribution >= 4 is 21.6 Å². The summed E-state index contributed by atoms with van der Waals surface area (Å²) in [5.74, 6) is 1.19. The molecule has 0 aliphatic rings. The highest BCUT2D eigenvalue weighted by Gasteiger charge is 2.22. The van der Waals surface area contributed by atoms with E-state index in [4.69, 9.17) is 21.1 Å². The molecule has 0 saturated heterocycles. The standard InChI is InChI=1S/C16H18ClNO4S/c1-18(11-12-10-13(17)4-9-16(12)22-3)23(19,20)15-7-5-14(21-2)6-8-15/h4-10H,11H2,1-3H3. The summed E-state index contributed by atoms with van der Waals surface area (Å²) in [5, 5.41) is 0.524. The van der Waals surface area contributed by atoms with Gasteiger partial charge in [0.15, 0.2) is 0 Å². The smallest absolute Gasteiger partial charge is 0.243 e. The second-order valence-corrected chi connectivity index (χ2v) is 7.37. The van der Waals surface area contributed by atoms with Gasteiger partial charge < -0.3 is 9.47 Å². The lowest BCUT2D eigenvalue weighted by atomic mass is 10.2. The van der Waals surface area contributed by atoms with Crippen molar-refractivity contribution in [3.63, 3.8) is 0 Å². The van der Waals surface area contributed by atoms with Gasteiger partial charge in [0.05, 0.1) is 19.1 Å². The molecule has 0 aliphatic heterocycles. The average molecular weight is 356 g/mol. The topological polar surface area (TPSA) is 55.8 Å². The number of hydrogen-bond acceptors (Lipinski definition) is 4. The fraction of sp³-hybridized carbons (Fsp3) is 0.250. The zero-order chi connectivity index (χ0) is 17.0. The van der Waals surface area contributed by atoms with Crippen molar-refractivity contribution in [1.29, 1.82) is 0 Å². The van der Waals surface area contributed by atoms with Crippen LogP contribution in [0.4, 0.5) is 0 Å². The SMILES string of the molecule is COc1ccc(S(=O)(=O)N(C)Cc2cc(Cl)ccc2OC)cc1. The van der Waals surface area contributed by atoms with E-state index in [-0.39, 0.29) is 11.4 Å². The largest absolute Gasteiger partial charge is 0.497 e. The maximum atomic E-state index is 12.6. The highest BCUT2D eigenvalue weighted by molar-refractivity contribution is 7.89. The number of sulfonamides is 1. The lowest BCUT2D eigenvalue weighted by Crippen LogP contribution is -2.26. The number of halogens is 1. The molecular formula is C16H18ClNO4S. The Labute approximate surface area is 141 Å². The number of methoxy groups -OCH3 is 2. The Morgan fingerprint density at radius 3 is 2.26 bits per heavy atom. The van der Waals surface area contributed by atoms with E-state index in [9.17, 15) is 8.42 Å². The van der Waals surface area contributed by atoms with Crippen molar-refractivity contribution in [2.45, 2.75) is 11.4 Å². The van der Waals surface area contributed by atoms with E-state index in [1.54, 1.807) is 30.3 Å². The van der Waals surface area contributed by atoms with Crippen LogP contribution in [0.3, 0.4) is 0 Å². The van der Waals surface area contributed by atoms with Crippen LogP contribution in [0, 0.1) is 0 Å². The van der Waals surface area contributed by atoms with Gasteiger partial charge in [-0.1, -0.05) is 11.6 Å². The number of hydrogen-bond donors (Lipinski definition) is 0. The molecule has 0 bridgehead atoms. The summed E-state index contributed by atoms with van der Waals surface area (Å²) >= 11 is 5.98. The van der Waals surface area contributed by atoms with E-state index in [0.717, 1.165) is 0 Å². The first-order valence-corrected chi connectivity index (χ1v) is 8.63. The summed E-state index contributed by atoms with van der Waals surface area (Å²) < 4.78 is 36.8. The van der Waals surface area contributed by atoms with E-state index in [1.807, 2.05) is 0 Å². The molecule has 0 saturated carbocycles. The summed E-state index contributed by atoms with van der Waals surface area (Å²) in [6.45, 7) is 0.151. The van der Waals surface area contributed by atoms with Crippen molar-refractivity contribution in [1.82, 2.24) is 4.31 Å². The molecule has 0 spiro atoms. The molecule has 0 unspecified atom stereocenters. The molecule has 7 heteroatoms. The summed E-state index contributed by atoms with van der Waals surface area (Å²) in [7, 11) is 0.954. The normalized spacial score (nSPS) is 11.5. The fourth-order valence-corrected chi connectivity index (χ4v) is 3.47. The summed E-state index contributed by atoms with van der Waals surface area (Å²) in [6.07, 6.45) is 0. The van der Waals surface area contributed by atoms with Crippen molar-refractivity contribution in [3.8, 4) is 11.5 Å². The molecule has 124 valence electrons. The third-order valence-corrected chi connectivity index (χ3v) is 5.46. The molecule has 2 rings (SSSR count). The zero-order valence-electron chi connectivity index (χ0n) is 13.1. The fourth-order valence-electron chi connectivity index (χ4n) is 2.12. The molecule has 0 fully saturated rings. The van der Waals surface area contributed by atoms with Gasteiger partial charge in [0.25, 0.3) is 0 Å². The Hall–Kier alpha value is -1.76. The summed E-state index contributed by atoms with van der Waals surface area (Å²) in [4.78, 5) is 0.196. The van der Waals surface area contributed by atoms with E-state index in [2.05, 4.69) is 0 Å². The van der Waals surface area contributed by atoms with Crippen molar-refractivity contribution in [3.05, 3.63) is 53.1 Å². The van der Waals surface area contributed by atoms with E-state index in [0.29, 0.717) is 22.1 Å². The molecular weight excluding hydrogens is 338 g/mol. The number of nitrogens with zero attached hydrogens (tertiary/aromatic N) is 1. The van der Waals surface area contributed by atoms with Gasteiger partial charge in [-0.15, -0.1) is 0 Å². The number of benzene rings is 2. The summed E-state index contributed by atoms with van der Waals surface area (Å²) in [6, 6.07) is 11.4. The lowest BCUT2D eigenvalue weighted by Gasteiger charge is -2.19. The minimum atomic E-state index is -3.62. The molecule has 2 aromatic rings. The van der Waals surface area contributed by atoms with Crippen LogP contribution < -0.4 is 9.47 Å². The Kier molecular flexibility index (Phi) is 5.51. The first kappa shape index (κ1) is 17.6. The average Bonchev–Trinajstić information content (AvgIpc) is 2.55. The molecule has 0 atom stereocenters. The maximum absolute atomic E-state index is 12.6. The monoisotopic (exact) mass is 355 g/mol. The van der Waals surface area contributed by atoms with Gasteiger partial charge >= 0.3 is 0 Å². The molecule has 23 heavy (non-hydrogen) atoms. The molecule has 0 radical (unpaired) electrons. The van der Waals surface area contributed by atoms with Gasteiger partial charge in [0.2, 0.25) is 10.0 Å². The van der Waals surface area contributed by atoms with Crippen LogP contribution in [0.2, 0.25) is 5.02 Å². The Morgan fingerprint density at radius 1 is 1.04 bits per heavy atom. The lowest BCUT2D eigenvalue weighted by molar-refractivity contribution is 0.398. The second-order valence-electron chi connectivity index (χ2n) is 4.89. The third-order valence-electron chi connectivity index (χ3n) is 3.40. The second kappa shape index (κ2) is 7.21. The van der Waals surface area contributed by atoms with E-state index >= 15 is 0 Å². The van der Waals surface area contributed by atoms with Crippen LogP contribution in [0.5, 0.6) is 11.5 Å². The van der Waals surface area contributed by atoms with Crippen molar-refractivity contribution < 1.29 is 17.9 Å². The first-order chi connectivity index (χ1) is 10.9. The van der Waals surface area contributed by atoms with Crippen molar-refractivity contribution in [2.24, 2.45) is 0 Å². The molecule has 0 aliphatic carbocycles. The van der Waals surface area contributed by atoms with Crippen molar-refractivity contribution in [2.75, 3.05) is 21.3 Å². The van der Waals surface area contributed by atoms with Gasteiger partial charge in [-0.3, -0.25) is 0 Å². The van der Waals surface area contributed by atoms with Crippen LogP contribution >= 0.6 is 11.6 Å². The zero-order valence-corrected chi connectivity index (χ0v) is 14.7. The van der Waals surface area contributed by atoms with Crippen LogP contribution in [0.1, 0.15) is 5.56 Å². The highest BCUT2D eigenvalue weighted by atomic mass is 35.5. The number of rotatable bonds is 6. The molecule has 0 amide bonds. The molecule has 0 heterocycles. The van der Waals surface area contributed by atoms with Gasteiger partial charge in [-0.05, 0) is 42.5 Å². The molecule has 2 aromatic carbocycles.